The predicted octanol–water partition coefficient (Wildman–Crippen LogP) is 5.68. The van der Waals surface area contributed by atoms with Gasteiger partial charge in [0.25, 0.3) is 5.91 Å². The zero-order chi connectivity index (χ0) is 21.3. The van der Waals surface area contributed by atoms with Crippen LogP contribution in [0.4, 0.5) is 0 Å². The van der Waals surface area contributed by atoms with E-state index in [-0.39, 0.29) is 18.6 Å². The van der Waals surface area contributed by atoms with Crippen LogP contribution in [0.15, 0.2) is 72.8 Å². The molecule has 3 aromatic rings. The quantitative estimate of drug-likeness (QED) is 0.481. The van der Waals surface area contributed by atoms with Gasteiger partial charge in [-0.25, -0.2) is 0 Å². The molecule has 0 saturated heterocycles. The Morgan fingerprint density at radius 3 is 2.47 bits per heavy atom. The van der Waals surface area contributed by atoms with Gasteiger partial charge in [-0.3, -0.25) is 4.79 Å². The van der Waals surface area contributed by atoms with E-state index in [0.29, 0.717) is 22.1 Å². The molecule has 1 unspecified atom stereocenters. The Morgan fingerprint density at radius 1 is 1.03 bits per heavy atom. The molecule has 0 bridgehead atoms. The average molecular weight is 424 g/mol. The van der Waals surface area contributed by atoms with Crippen LogP contribution in [0, 0.1) is 0 Å². The smallest absolute Gasteiger partial charge is 0.251 e. The first kappa shape index (κ1) is 21.7. The molecule has 0 aliphatic heterocycles. The van der Waals surface area contributed by atoms with Gasteiger partial charge in [0.05, 0.1) is 7.11 Å². The van der Waals surface area contributed by atoms with Crippen LogP contribution in [0.5, 0.6) is 11.5 Å². The number of nitrogens with one attached hydrogen (secondary N) is 1. The first-order chi connectivity index (χ1) is 14.5. The Labute approximate surface area is 182 Å². The Bertz CT molecular complexity index is 958. The normalized spacial score (nSPS) is 11.6. The largest absolute Gasteiger partial charge is 0.496 e. The van der Waals surface area contributed by atoms with Crippen LogP contribution in [0.25, 0.3) is 0 Å². The number of amides is 1. The third-order valence-corrected chi connectivity index (χ3v) is 5.09. The molecule has 0 aromatic heterocycles. The van der Waals surface area contributed by atoms with E-state index >= 15 is 0 Å². The average Bonchev–Trinajstić information content (AvgIpc) is 2.77. The summed E-state index contributed by atoms with van der Waals surface area (Å²) in [5.41, 5.74) is 2.65. The van der Waals surface area contributed by atoms with Crippen molar-refractivity contribution in [2.45, 2.75) is 32.4 Å². The number of rotatable bonds is 9. The lowest BCUT2D eigenvalue weighted by atomic mass is 10.1. The fourth-order valence-electron chi connectivity index (χ4n) is 3.13. The van der Waals surface area contributed by atoms with Gasteiger partial charge in [-0.1, -0.05) is 41.9 Å². The molecule has 5 heteroatoms. The number of carbonyl (C=O) groups excluding carboxylic acids is 1. The Balaban J connectivity index is 1.61. The first-order valence-electron chi connectivity index (χ1n) is 9.95. The highest BCUT2D eigenvalue weighted by Gasteiger charge is 2.13. The number of aryl methyl sites for hydroxylation is 1. The summed E-state index contributed by atoms with van der Waals surface area (Å²) in [6.07, 6.45) is 1.80. The van der Waals surface area contributed by atoms with Crippen LogP contribution in [-0.2, 0) is 13.0 Å². The number of carbonyl (C=O) groups is 1. The molecule has 0 aliphatic rings. The predicted molar refractivity (Wildman–Crippen MR) is 120 cm³/mol. The van der Waals surface area contributed by atoms with Crippen LogP contribution in [0.1, 0.15) is 34.8 Å². The summed E-state index contributed by atoms with van der Waals surface area (Å²) in [7, 11) is 1.60. The second-order valence-corrected chi connectivity index (χ2v) is 7.60. The van der Waals surface area contributed by atoms with Crippen LogP contribution in [-0.4, -0.2) is 19.1 Å². The van der Waals surface area contributed by atoms with E-state index in [1.54, 1.807) is 43.5 Å². The number of hydrogen-bond donors (Lipinski definition) is 1. The highest BCUT2D eigenvalue weighted by atomic mass is 35.5. The van der Waals surface area contributed by atoms with Gasteiger partial charge in [0, 0.05) is 22.2 Å². The molecule has 1 atom stereocenters. The van der Waals surface area contributed by atoms with E-state index in [4.69, 9.17) is 21.1 Å². The fourth-order valence-corrected chi connectivity index (χ4v) is 3.26. The Kier molecular flexibility index (Phi) is 7.75. The van der Waals surface area contributed by atoms with Gasteiger partial charge in [0.2, 0.25) is 0 Å². The first-order valence-corrected chi connectivity index (χ1v) is 10.3. The summed E-state index contributed by atoms with van der Waals surface area (Å²) in [6.45, 7) is 2.31. The zero-order valence-electron chi connectivity index (χ0n) is 17.2. The summed E-state index contributed by atoms with van der Waals surface area (Å²) in [5.74, 6) is 1.27. The van der Waals surface area contributed by atoms with Gasteiger partial charge < -0.3 is 14.8 Å². The zero-order valence-corrected chi connectivity index (χ0v) is 18.0. The topological polar surface area (TPSA) is 47.6 Å². The SMILES string of the molecule is COc1ccc(C(=O)NC(C)CCc2ccccc2)cc1COc1ccc(Cl)cc1. The van der Waals surface area contributed by atoms with Gasteiger partial charge in [-0.05, 0) is 67.8 Å². The van der Waals surface area contributed by atoms with Gasteiger partial charge in [-0.2, -0.15) is 0 Å². The molecule has 0 spiro atoms. The molecular formula is C25H26ClNO3. The highest BCUT2D eigenvalue weighted by Crippen LogP contribution is 2.23. The number of methoxy groups -OCH3 is 1. The minimum absolute atomic E-state index is 0.0635. The van der Waals surface area contributed by atoms with Crippen molar-refractivity contribution < 1.29 is 14.3 Å². The van der Waals surface area contributed by atoms with Crippen molar-refractivity contribution in [3.8, 4) is 11.5 Å². The maximum Gasteiger partial charge on any atom is 0.251 e. The summed E-state index contributed by atoms with van der Waals surface area (Å²) >= 11 is 5.91. The second-order valence-electron chi connectivity index (χ2n) is 7.17. The van der Waals surface area contributed by atoms with E-state index in [1.165, 1.54) is 5.56 Å². The molecule has 0 heterocycles. The van der Waals surface area contributed by atoms with Gasteiger partial charge in [-0.15, -0.1) is 0 Å². The highest BCUT2D eigenvalue weighted by molar-refractivity contribution is 6.30. The van der Waals surface area contributed by atoms with Crippen molar-refractivity contribution in [2.75, 3.05) is 7.11 Å². The summed E-state index contributed by atoms with van der Waals surface area (Å²) in [4.78, 5) is 12.7. The van der Waals surface area contributed by atoms with Crippen molar-refractivity contribution in [2.24, 2.45) is 0 Å². The van der Waals surface area contributed by atoms with E-state index in [0.717, 1.165) is 18.4 Å². The van der Waals surface area contributed by atoms with Crippen LogP contribution >= 0.6 is 11.6 Å². The van der Waals surface area contributed by atoms with Crippen molar-refractivity contribution in [3.63, 3.8) is 0 Å². The summed E-state index contributed by atoms with van der Waals surface area (Å²) in [6, 6.07) is 22.9. The van der Waals surface area contributed by atoms with Crippen molar-refractivity contribution in [1.29, 1.82) is 0 Å². The molecule has 3 rings (SSSR count). The molecule has 1 N–H and O–H groups in total. The van der Waals surface area contributed by atoms with E-state index in [1.807, 2.05) is 31.2 Å². The lowest BCUT2D eigenvalue weighted by Gasteiger charge is -2.16. The summed E-state index contributed by atoms with van der Waals surface area (Å²) in [5, 5.41) is 3.73. The molecule has 30 heavy (non-hydrogen) atoms. The van der Waals surface area contributed by atoms with Gasteiger partial charge >= 0.3 is 0 Å². The van der Waals surface area contributed by atoms with Gasteiger partial charge in [0.15, 0.2) is 0 Å². The maximum absolute atomic E-state index is 12.7. The third kappa shape index (κ3) is 6.26. The fraction of sp³-hybridized carbons (Fsp3) is 0.240. The number of halogens is 1. The summed E-state index contributed by atoms with van der Waals surface area (Å²) < 4.78 is 11.2. The van der Waals surface area contributed by atoms with E-state index < -0.39 is 0 Å². The molecule has 0 saturated carbocycles. The molecule has 0 radical (unpaired) electrons. The lowest BCUT2D eigenvalue weighted by Crippen LogP contribution is -2.33. The van der Waals surface area contributed by atoms with Crippen LogP contribution in [0.3, 0.4) is 0 Å². The molecule has 4 nitrogen and oxygen atoms in total. The van der Waals surface area contributed by atoms with Crippen molar-refractivity contribution in [1.82, 2.24) is 5.32 Å². The Hall–Kier alpha value is -2.98. The second kappa shape index (κ2) is 10.7. The monoisotopic (exact) mass is 423 g/mol. The van der Waals surface area contributed by atoms with E-state index in [9.17, 15) is 4.79 Å². The molecule has 1 amide bonds. The standard InChI is InChI=1S/C25H26ClNO3/c1-18(8-9-19-6-4-3-5-7-19)27-25(28)20-10-15-24(29-2)21(16-20)17-30-23-13-11-22(26)12-14-23/h3-7,10-16,18H,8-9,17H2,1-2H3,(H,27,28). The van der Waals surface area contributed by atoms with Crippen molar-refractivity contribution in [3.05, 3.63) is 94.5 Å². The maximum atomic E-state index is 12.7. The molecule has 156 valence electrons. The van der Waals surface area contributed by atoms with E-state index in [2.05, 4.69) is 17.4 Å². The van der Waals surface area contributed by atoms with Gasteiger partial charge in [0.1, 0.15) is 18.1 Å². The van der Waals surface area contributed by atoms with Crippen LogP contribution in [0.2, 0.25) is 5.02 Å². The minimum Gasteiger partial charge on any atom is -0.496 e. The number of ether oxygens (including phenoxy) is 2. The minimum atomic E-state index is -0.106. The molecule has 0 fully saturated rings. The van der Waals surface area contributed by atoms with Crippen molar-refractivity contribution >= 4 is 17.5 Å². The molecule has 0 aliphatic carbocycles. The van der Waals surface area contributed by atoms with Crippen LogP contribution < -0.4 is 14.8 Å². The Morgan fingerprint density at radius 2 is 1.77 bits per heavy atom. The number of benzene rings is 3. The molecule has 3 aromatic carbocycles. The lowest BCUT2D eigenvalue weighted by molar-refractivity contribution is 0.0938. The third-order valence-electron chi connectivity index (χ3n) is 4.84. The molecular weight excluding hydrogens is 398 g/mol. The number of hydrogen-bond acceptors (Lipinski definition) is 3.